The predicted molar refractivity (Wildman–Crippen MR) is 97.1 cm³/mol. The summed E-state index contributed by atoms with van der Waals surface area (Å²) >= 11 is 0. The van der Waals surface area contributed by atoms with Crippen molar-refractivity contribution in [2.75, 3.05) is 14.2 Å². The lowest BCUT2D eigenvalue weighted by atomic mass is 9.46. The van der Waals surface area contributed by atoms with Gasteiger partial charge in [-0.05, 0) is 80.0 Å². The molecule has 148 valence electrons. The molecule has 3 saturated carbocycles. The van der Waals surface area contributed by atoms with Gasteiger partial charge >= 0.3 is 11.9 Å². The van der Waals surface area contributed by atoms with Gasteiger partial charge in [-0.3, -0.25) is 9.59 Å². The van der Waals surface area contributed by atoms with Gasteiger partial charge in [-0.1, -0.05) is 6.92 Å². The molecule has 5 nitrogen and oxygen atoms in total. The summed E-state index contributed by atoms with van der Waals surface area (Å²) in [5, 5.41) is 10.1. The van der Waals surface area contributed by atoms with E-state index in [9.17, 15) is 14.7 Å². The van der Waals surface area contributed by atoms with Crippen LogP contribution in [0, 0.1) is 35.0 Å². The molecule has 0 aromatic carbocycles. The molecule has 7 atom stereocenters. The molecule has 0 heterocycles. The quantitative estimate of drug-likeness (QED) is 0.773. The van der Waals surface area contributed by atoms with Crippen LogP contribution in [0.1, 0.15) is 64.7 Å². The highest BCUT2D eigenvalue weighted by molar-refractivity contribution is 5.71. The lowest BCUT2D eigenvalue weighted by Crippen LogP contribution is -2.52. The number of ether oxygens (including phenoxy) is 2. The van der Waals surface area contributed by atoms with Crippen molar-refractivity contribution >= 4 is 11.9 Å². The van der Waals surface area contributed by atoms with Crippen LogP contribution in [0.5, 0.6) is 0 Å². The van der Waals surface area contributed by atoms with E-state index < -0.39 is 0 Å². The lowest BCUT2D eigenvalue weighted by molar-refractivity contribution is -0.153. The summed E-state index contributed by atoms with van der Waals surface area (Å²) in [6.07, 6.45) is 7.86. The summed E-state index contributed by atoms with van der Waals surface area (Å²) in [6.45, 7) is 2.41. The van der Waals surface area contributed by atoms with Gasteiger partial charge in [0.15, 0.2) is 0 Å². The van der Waals surface area contributed by atoms with E-state index in [4.69, 9.17) is 9.47 Å². The first-order chi connectivity index (χ1) is 12.4. The average Bonchev–Trinajstić information content (AvgIpc) is 2.63. The molecule has 0 aromatic heterocycles. The highest BCUT2D eigenvalue weighted by Gasteiger charge is 2.54. The SMILES string of the molecule is COC(=O)CC1CCC2C(CCC3CC(O)CCC32C)C1CC(=O)OC. The van der Waals surface area contributed by atoms with E-state index in [0.717, 1.165) is 44.9 Å². The van der Waals surface area contributed by atoms with Crippen molar-refractivity contribution in [1.82, 2.24) is 0 Å². The minimum atomic E-state index is -0.177. The fourth-order valence-electron chi connectivity index (χ4n) is 6.58. The molecule has 0 bridgehead atoms. The maximum absolute atomic E-state index is 12.1. The fraction of sp³-hybridized carbons (Fsp3) is 0.905. The Bertz CT molecular complexity index is 532. The van der Waals surface area contributed by atoms with Crippen molar-refractivity contribution in [3.8, 4) is 0 Å². The zero-order valence-corrected chi connectivity index (χ0v) is 16.4. The van der Waals surface area contributed by atoms with Gasteiger partial charge in [-0.2, -0.15) is 0 Å². The van der Waals surface area contributed by atoms with Crippen LogP contribution in [0.3, 0.4) is 0 Å². The zero-order chi connectivity index (χ0) is 18.9. The molecule has 5 heteroatoms. The third kappa shape index (κ3) is 3.64. The van der Waals surface area contributed by atoms with E-state index in [1.807, 2.05) is 0 Å². The summed E-state index contributed by atoms with van der Waals surface area (Å²) in [5.41, 5.74) is 0.257. The molecular weight excluding hydrogens is 332 g/mol. The smallest absolute Gasteiger partial charge is 0.305 e. The van der Waals surface area contributed by atoms with Crippen molar-refractivity contribution < 1.29 is 24.2 Å². The number of carbonyl (C=O) groups is 2. The first-order valence-corrected chi connectivity index (χ1v) is 10.2. The van der Waals surface area contributed by atoms with Gasteiger partial charge in [0.1, 0.15) is 0 Å². The Morgan fingerprint density at radius 2 is 1.69 bits per heavy atom. The number of fused-ring (bicyclic) bond motifs is 3. The molecule has 26 heavy (non-hydrogen) atoms. The van der Waals surface area contributed by atoms with Crippen molar-refractivity contribution in [2.24, 2.45) is 35.0 Å². The van der Waals surface area contributed by atoms with Gasteiger partial charge in [0.05, 0.1) is 20.3 Å². The third-order valence-electron chi connectivity index (χ3n) is 8.01. The van der Waals surface area contributed by atoms with Crippen LogP contribution in [0.15, 0.2) is 0 Å². The zero-order valence-electron chi connectivity index (χ0n) is 16.4. The minimum absolute atomic E-state index is 0.147. The highest BCUT2D eigenvalue weighted by Crippen LogP contribution is 2.61. The highest BCUT2D eigenvalue weighted by atomic mass is 16.5. The van der Waals surface area contributed by atoms with Crippen LogP contribution < -0.4 is 0 Å². The monoisotopic (exact) mass is 366 g/mol. The third-order valence-corrected chi connectivity index (χ3v) is 8.01. The van der Waals surface area contributed by atoms with Crippen molar-refractivity contribution in [3.63, 3.8) is 0 Å². The van der Waals surface area contributed by atoms with Crippen LogP contribution in [-0.2, 0) is 19.1 Å². The number of hydrogen-bond donors (Lipinski definition) is 1. The molecule has 0 aliphatic heterocycles. The van der Waals surface area contributed by atoms with Crippen LogP contribution in [0.4, 0.5) is 0 Å². The van der Waals surface area contributed by atoms with Crippen LogP contribution >= 0.6 is 0 Å². The molecule has 0 saturated heterocycles. The Balaban J connectivity index is 1.82. The number of carbonyl (C=O) groups excluding carboxylic acids is 2. The van der Waals surface area contributed by atoms with E-state index in [1.54, 1.807) is 0 Å². The normalized spacial score (nSPS) is 42.3. The number of aliphatic hydroxyl groups is 1. The summed E-state index contributed by atoms with van der Waals surface area (Å²) in [7, 11) is 2.88. The molecule has 7 unspecified atom stereocenters. The second kappa shape index (κ2) is 7.87. The van der Waals surface area contributed by atoms with Crippen LogP contribution in [0.2, 0.25) is 0 Å². The maximum Gasteiger partial charge on any atom is 0.305 e. The number of methoxy groups -OCH3 is 2. The second-order valence-electron chi connectivity index (χ2n) is 9.04. The number of aliphatic hydroxyl groups excluding tert-OH is 1. The van der Waals surface area contributed by atoms with Gasteiger partial charge in [0.25, 0.3) is 0 Å². The summed E-state index contributed by atoms with van der Waals surface area (Å²) in [6, 6.07) is 0. The molecule has 0 aromatic rings. The Morgan fingerprint density at radius 3 is 2.38 bits per heavy atom. The van der Waals surface area contributed by atoms with Gasteiger partial charge in [-0.15, -0.1) is 0 Å². The number of hydrogen-bond acceptors (Lipinski definition) is 5. The molecule has 1 N–H and O–H groups in total. The molecule has 3 fully saturated rings. The first-order valence-electron chi connectivity index (χ1n) is 10.2. The summed E-state index contributed by atoms with van der Waals surface area (Å²) in [4.78, 5) is 24.0. The van der Waals surface area contributed by atoms with Crippen molar-refractivity contribution in [2.45, 2.75) is 70.8 Å². The molecule has 0 amide bonds. The van der Waals surface area contributed by atoms with Gasteiger partial charge < -0.3 is 14.6 Å². The maximum atomic E-state index is 12.1. The van der Waals surface area contributed by atoms with E-state index in [1.165, 1.54) is 14.2 Å². The second-order valence-corrected chi connectivity index (χ2v) is 9.04. The summed E-state index contributed by atoms with van der Waals surface area (Å²) < 4.78 is 9.87. The topological polar surface area (TPSA) is 72.8 Å². The number of rotatable bonds is 4. The molecule has 0 spiro atoms. The van der Waals surface area contributed by atoms with Crippen molar-refractivity contribution in [1.29, 1.82) is 0 Å². The molecule has 3 aliphatic carbocycles. The van der Waals surface area contributed by atoms with Crippen molar-refractivity contribution in [3.05, 3.63) is 0 Å². The molecule has 3 aliphatic rings. The summed E-state index contributed by atoms with van der Waals surface area (Å²) in [5.74, 6) is 1.69. The first kappa shape index (κ1) is 19.7. The largest absolute Gasteiger partial charge is 0.469 e. The Morgan fingerprint density at radius 1 is 1.00 bits per heavy atom. The molecule has 0 radical (unpaired) electrons. The van der Waals surface area contributed by atoms with E-state index >= 15 is 0 Å². The van der Waals surface area contributed by atoms with Crippen LogP contribution in [0.25, 0.3) is 0 Å². The van der Waals surface area contributed by atoms with E-state index in [2.05, 4.69) is 6.92 Å². The van der Waals surface area contributed by atoms with E-state index in [0.29, 0.717) is 30.6 Å². The molecular formula is C21H34O5. The molecule has 3 rings (SSSR count). The Labute approximate surface area is 156 Å². The lowest BCUT2D eigenvalue weighted by Gasteiger charge is -2.59. The van der Waals surface area contributed by atoms with Crippen LogP contribution in [-0.4, -0.2) is 37.4 Å². The Hall–Kier alpha value is -1.10. The van der Waals surface area contributed by atoms with Gasteiger partial charge in [-0.25, -0.2) is 0 Å². The minimum Gasteiger partial charge on any atom is -0.469 e. The Kier molecular flexibility index (Phi) is 5.95. The van der Waals surface area contributed by atoms with E-state index in [-0.39, 0.29) is 35.3 Å². The predicted octanol–water partition coefficient (Wildman–Crippen LogP) is 3.33. The number of esters is 2. The standard InChI is InChI=1S/C21H34O5/c1-21-9-8-15(22)11-14(21)5-6-16-17(12-20(24)26-3)13(4-7-18(16)21)10-19(23)25-2/h13-18,22H,4-12H2,1-3H3. The fourth-order valence-corrected chi connectivity index (χ4v) is 6.58. The average molecular weight is 366 g/mol. The van der Waals surface area contributed by atoms with Gasteiger partial charge in [0, 0.05) is 12.8 Å². The van der Waals surface area contributed by atoms with Gasteiger partial charge in [0.2, 0.25) is 0 Å².